The Hall–Kier alpha value is -1.79. The highest BCUT2D eigenvalue weighted by Crippen LogP contribution is 2.22. The molecule has 2 aliphatic heterocycles. The minimum Gasteiger partial charge on any atom is -0.379 e. The lowest BCUT2D eigenvalue weighted by molar-refractivity contribution is 0.0386. The van der Waals surface area contributed by atoms with E-state index < -0.39 is 0 Å². The van der Waals surface area contributed by atoms with Gasteiger partial charge in [0.1, 0.15) is 0 Å². The average molecular weight is 346 g/mol. The molecule has 6 heteroatoms. The number of aryl methyl sites for hydroxylation is 1. The molecule has 6 nitrogen and oxygen atoms in total. The fraction of sp³-hybridized carbons (Fsp3) is 0.632. The first-order valence-corrected chi connectivity index (χ1v) is 9.43. The van der Waals surface area contributed by atoms with Crippen LogP contribution in [0.4, 0.5) is 10.5 Å². The SMILES string of the molecule is CCc1ccccc1N1CCN(C(=O)NCCN2CCOCC2)CC1. The summed E-state index contributed by atoms with van der Waals surface area (Å²) in [5.74, 6) is 0. The van der Waals surface area contributed by atoms with Crippen molar-refractivity contribution in [3.63, 3.8) is 0 Å². The fourth-order valence-corrected chi connectivity index (χ4v) is 3.53. The van der Waals surface area contributed by atoms with E-state index in [1.54, 1.807) is 0 Å². The second-order valence-corrected chi connectivity index (χ2v) is 6.64. The van der Waals surface area contributed by atoms with Crippen molar-refractivity contribution in [2.75, 3.05) is 70.5 Å². The standard InChI is InChI=1S/C19H30N4O2/c1-2-17-5-3-4-6-18(17)22-9-11-23(12-10-22)19(24)20-7-8-21-13-15-25-16-14-21/h3-6H,2,7-16H2,1H3,(H,20,24). The maximum Gasteiger partial charge on any atom is 0.317 e. The number of carbonyl (C=O) groups excluding carboxylic acids is 1. The third-order valence-electron chi connectivity index (χ3n) is 5.09. The molecule has 2 heterocycles. The summed E-state index contributed by atoms with van der Waals surface area (Å²) in [5, 5.41) is 3.06. The van der Waals surface area contributed by atoms with Crippen LogP contribution in [-0.4, -0.2) is 81.4 Å². The number of hydrogen-bond donors (Lipinski definition) is 1. The van der Waals surface area contributed by atoms with Gasteiger partial charge in [-0.1, -0.05) is 25.1 Å². The predicted octanol–water partition coefficient (Wildman–Crippen LogP) is 1.41. The van der Waals surface area contributed by atoms with E-state index in [4.69, 9.17) is 4.74 Å². The number of carbonyl (C=O) groups is 1. The van der Waals surface area contributed by atoms with Crippen LogP contribution < -0.4 is 10.2 Å². The molecule has 0 spiro atoms. The lowest BCUT2D eigenvalue weighted by Gasteiger charge is -2.37. The van der Waals surface area contributed by atoms with Crippen LogP contribution in [0.1, 0.15) is 12.5 Å². The summed E-state index contributed by atoms with van der Waals surface area (Å²) in [4.78, 5) is 19.0. The number of piperazine rings is 1. The van der Waals surface area contributed by atoms with Crippen molar-refractivity contribution < 1.29 is 9.53 Å². The maximum atomic E-state index is 12.4. The molecule has 0 bridgehead atoms. The summed E-state index contributed by atoms with van der Waals surface area (Å²) in [6.45, 7) is 10.7. The number of ether oxygens (including phenoxy) is 1. The van der Waals surface area contributed by atoms with Gasteiger partial charge in [0, 0.05) is 58.0 Å². The summed E-state index contributed by atoms with van der Waals surface area (Å²) >= 11 is 0. The first-order chi connectivity index (χ1) is 12.3. The van der Waals surface area contributed by atoms with E-state index in [1.807, 2.05) is 4.90 Å². The molecule has 2 saturated heterocycles. The molecule has 1 aromatic rings. The van der Waals surface area contributed by atoms with Gasteiger partial charge in [0.2, 0.25) is 0 Å². The van der Waals surface area contributed by atoms with Gasteiger partial charge in [-0.25, -0.2) is 4.79 Å². The van der Waals surface area contributed by atoms with Crippen molar-refractivity contribution in [2.24, 2.45) is 0 Å². The van der Waals surface area contributed by atoms with Gasteiger partial charge in [0.05, 0.1) is 13.2 Å². The van der Waals surface area contributed by atoms with Crippen molar-refractivity contribution in [1.82, 2.24) is 15.1 Å². The molecular formula is C19H30N4O2. The Bertz CT molecular complexity index is 552. The zero-order chi connectivity index (χ0) is 17.5. The highest BCUT2D eigenvalue weighted by Gasteiger charge is 2.22. The molecule has 0 unspecified atom stereocenters. The van der Waals surface area contributed by atoms with E-state index in [9.17, 15) is 4.79 Å². The van der Waals surface area contributed by atoms with Crippen molar-refractivity contribution in [3.8, 4) is 0 Å². The number of hydrogen-bond acceptors (Lipinski definition) is 4. The van der Waals surface area contributed by atoms with Crippen LogP contribution in [-0.2, 0) is 11.2 Å². The molecule has 25 heavy (non-hydrogen) atoms. The molecule has 3 rings (SSSR count). The van der Waals surface area contributed by atoms with E-state index in [2.05, 4.69) is 46.3 Å². The molecular weight excluding hydrogens is 316 g/mol. The molecule has 138 valence electrons. The zero-order valence-corrected chi connectivity index (χ0v) is 15.2. The largest absolute Gasteiger partial charge is 0.379 e. The quantitative estimate of drug-likeness (QED) is 0.876. The monoisotopic (exact) mass is 346 g/mol. The molecule has 0 aromatic heterocycles. The third-order valence-corrected chi connectivity index (χ3v) is 5.09. The normalized spacial score (nSPS) is 19.1. The Morgan fingerprint density at radius 1 is 1.08 bits per heavy atom. The number of urea groups is 1. The maximum absolute atomic E-state index is 12.4. The Morgan fingerprint density at radius 3 is 2.52 bits per heavy atom. The number of nitrogens with one attached hydrogen (secondary N) is 1. The summed E-state index contributed by atoms with van der Waals surface area (Å²) in [7, 11) is 0. The van der Waals surface area contributed by atoms with Crippen molar-refractivity contribution in [3.05, 3.63) is 29.8 Å². The second kappa shape index (κ2) is 9.06. The lowest BCUT2D eigenvalue weighted by Crippen LogP contribution is -2.53. The van der Waals surface area contributed by atoms with Crippen molar-refractivity contribution >= 4 is 11.7 Å². The number of amides is 2. The van der Waals surface area contributed by atoms with Crippen LogP contribution in [0, 0.1) is 0 Å². The van der Waals surface area contributed by atoms with Crippen LogP contribution in [0.15, 0.2) is 24.3 Å². The smallest absolute Gasteiger partial charge is 0.317 e. The van der Waals surface area contributed by atoms with Crippen LogP contribution in [0.25, 0.3) is 0 Å². The average Bonchev–Trinajstić information content (AvgIpc) is 2.69. The molecule has 1 N–H and O–H groups in total. The van der Waals surface area contributed by atoms with E-state index in [1.165, 1.54) is 11.3 Å². The number of anilines is 1. The predicted molar refractivity (Wildman–Crippen MR) is 100 cm³/mol. The molecule has 2 amide bonds. The van der Waals surface area contributed by atoms with Gasteiger partial charge >= 0.3 is 6.03 Å². The Balaban J connectivity index is 1.41. The van der Waals surface area contributed by atoms with Crippen LogP contribution >= 0.6 is 0 Å². The van der Waals surface area contributed by atoms with Gasteiger partial charge in [0.15, 0.2) is 0 Å². The van der Waals surface area contributed by atoms with Gasteiger partial charge in [0.25, 0.3) is 0 Å². The van der Waals surface area contributed by atoms with Gasteiger partial charge in [-0.15, -0.1) is 0 Å². The number of morpholine rings is 1. The third kappa shape index (κ3) is 4.86. The summed E-state index contributed by atoms with van der Waals surface area (Å²) in [6.07, 6.45) is 1.04. The number of para-hydroxylation sites is 1. The first-order valence-electron chi connectivity index (χ1n) is 9.43. The highest BCUT2D eigenvalue weighted by atomic mass is 16.5. The van der Waals surface area contributed by atoms with Crippen LogP contribution in [0.2, 0.25) is 0 Å². The Kier molecular flexibility index (Phi) is 6.53. The van der Waals surface area contributed by atoms with E-state index in [0.717, 1.165) is 65.4 Å². The lowest BCUT2D eigenvalue weighted by atomic mass is 10.1. The summed E-state index contributed by atoms with van der Waals surface area (Å²) < 4.78 is 5.34. The number of rotatable bonds is 5. The van der Waals surface area contributed by atoms with Crippen molar-refractivity contribution in [2.45, 2.75) is 13.3 Å². The van der Waals surface area contributed by atoms with Gasteiger partial charge in [-0.05, 0) is 18.1 Å². The number of benzene rings is 1. The van der Waals surface area contributed by atoms with Crippen LogP contribution in [0.3, 0.4) is 0 Å². The molecule has 0 aliphatic carbocycles. The minimum atomic E-state index is 0.0664. The van der Waals surface area contributed by atoms with Gasteiger partial charge in [-0.3, -0.25) is 4.90 Å². The highest BCUT2D eigenvalue weighted by molar-refractivity contribution is 5.74. The molecule has 0 saturated carbocycles. The second-order valence-electron chi connectivity index (χ2n) is 6.64. The molecule has 2 fully saturated rings. The fourth-order valence-electron chi connectivity index (χ4n) is 3.53. The molecule has 1 aromatic carbocycles. The Labute approximate surface area is 150 Å². The van der Waals surface area contributed by atoms with Gasteiger partial charge in [-0.2, -0.15) is 0 Å². The van der Waals surface area contributed by atoms with E-state index >= 15 is 0 Å². The Morgan fingerprint density at radius 2 is 1.80 bits per heavy atom. The minimum absolute atomic E-state index is 0.0664. The first kappa shape index (κ1) is 18.0. The summed E-state index contributed by atoms with van der Waals surface area (Å²) in [6, 6.07) is 8.65. The molecule has 0 radical (unpaired) electrons. The molecule has 0 atom stereocenters. The van der Waals surface area contributed by atoms with E-state index in [0.29, 0.717) is 6.54 Å². The molecule has 2 aliphatic rings. The van der Waals surface area contributed by atoms with Gasteiger partial charge < -0.3 is 19.9 Å². The van der Waals surface area contributed by atoms with E-state index in [-0.39, 0.29) is 6.03 Å². The van der Waals surface area contributed by atoms with Crippen molar-refractivity contribution in [1.29, 1.82) is 0 Å². The topological polar surface area (TPSA) is 48.0 Å². The summed E-state index contributed by atoms with van der Waals surface area (Å²) in [5.41, 5.74) is 2.70. The number of nitrogens with zero attached hydrogens (tertiary/aromatic N) is 3. The zero-order valence-electron chi connectivity index (χ0n) is 15.2. The van der Waals surface area contributed by atoms with Crippen LogP contribution in [0.5, 0.6) is 0 Å².